The van der Waals surface area contributed by atoms with E-state index in [1.807, 2.05) is 26.8 Å². The first-order chi connectivity index (χ1) is 9.85. The Labute approximate surface area is 130 Å². The van der Waals surface area contributed by atoms with Crippen LogP contribution in [0.2, 0.25) is 5.02 Å². The highest BCUT2D eigenvalue weighted by molar-refractivity contribution is 6.31. The smallest absolute Gasteiger partial charge is 0.412 e. The van der Waals surface area contributed by atoms with Crippen molar-refractivity contribution < 1.29 is 14.3 Å². The number of amides is 1. The molecule has 2 N–H and O–H groups in total. The van der Waals surface area contributed by atoms with Gasteiger partial charge >= 0.3 is 6.09 Å². The number of hydrogen-bond donors (Lipinski definition) is 2. The fraction of sp³-hybridized carbons (Fsp3) is 0.533. The third-order valence-corrected chi connectivity index (χ3v) is 3.28. The Hall–Kier alpha value is -1.30. The predicted octanol–water partition coefficient (Wildman–Crippen LogP) is 3.35. The van der Waals surface area contributed by atoms with Crippen LogP contribution in [0.1, 0.15) is 32.4 Å². The van der Waals surface area contributed by atoms with E-state index in [0.29, 0.717) is 23.9 Å². The number of carbonyl (C=O) groups excluding carboxylic acids is 1. The maximum atomic E-state index is 11.8. The SMILES string of the molecule is CC(C)(C)OC(=O)Nc1ccc(Cl)c(C2COCCN2)c1. The Balaban J connectivity index is 2.09. The average Bonchev–Trinajstić information content (AvgIpc) is 2.40. The Bertz CT molecular complexity index is 508. The molecule has 1 aromatic rings. The molecule has 0 aliphatic carbocycles. The molecule has 21 heavy (non-hydrogen) atoms. The molecular weight excluding hydrogens is 292 g/mol. The fourth-order valence-corrected chi connectivity index (χ4v) is 2.32. The predicted molar refractivity (Wildman–Crippen MR) is 82.9 cm³/mol. The highest BCUT2D eigenvalue weighted by Gasteiger charge is 2.20. The molecule has 2 rings (SSSR count). The summed E-state index contributed by atoms with van der Waals surface area (Å²) in [4.78, 5) is 11.8. The standard InChI is InChI=1S/C15H21ClN2O3/c1-15(2,3)21-14(19)18-10-4-5-12(16)11(8-10)13-9-20-7-6-17-13/h4-5,8,13,17H,6-7,9H2,1-3H3,(H,18,19). The lowest BCUT2D eigenvalue weighted by Gasteiger charge is -2.25. The Kier molecular flexibility index (Phi) is 5.08. The van der Waals surface area contributed by atoms with Gasteiger partial charge in [0.25, 0.3) is 0 Å². The van der Waals surface area contributed by atoms with Gasteiger partial charge in [-0.2, -0.15) is 0 Å². The Morgan fingerprint density at radius 2 is 2.24 bits per heavy atom. The van der Waals surface area contributed by atoms with Crippen LogP contribution >= 0.6 is 11.6 Å². The van der Waals surface area contributed by atoms with Gasteiger partial charge in [0.1, 0.15) is 5.60 Å². The zero-order valence-corrected chi connectivity index (χ0v) is 13.3. The normalized spacial score (nSPS) is 19.1. The lowest BCUT2D eigenvalue weighted by atomic mass is 10.1. The number of halogens is 1. The second-order valence-electron chi connectivity index (χ2n) is 5.94. The molecule has 1 atom stereocenters. The van der Waals surface area contributed by atoms with Crippen LogP contribution in [0, 0.1) is 0 Å². The van der Waals surface area contributed by atoms with Gasteiger partial charge in [0.15, 0.2) is 0 Å². The first kappa shape index (κ1) is 16.1. The molecule has 5 nitrogen and oxygen atoms in total. The largest absolute Gasteiger partial charge is 0.444 e. The average molecular weight is 313 g/mol. The lowest BCUT2D eigenvalue weighted by molar-refractivity contribution is 0.0636. The number of rotatable bonds is 2. The molecule has 1 heterocycles. The van der Waals surface area contributed by atoms with Gasteiger partial charge < -0.3 is 14.8 Å². The van der Waals surface area contributed by atoms with Gasteiger partial charge in [0.05, 0.1) is 19.3 Å². The van der Waals surface area contributed by atoms with Gasteiger partial charge in [0.2, 0.25) is 0 Å². The van der Waals surface area contributed by atoms with E-state index in [9.17, 15) is 4.79 Å². The van der Waals surface area contributed by atoms with Crippen molar-refractivity contribution in [1.29, 1.82) is 0 Å². The van der Waals surface area contributed by atoms with Gasteiger partial charge in [-0.3, -0.25) is 5.32 Å². The molecule has 0 radical (unpaired) electrons. The number of morpholine rings is 1. The molecule has 0 aromatic heterocycles. The van der Waals surface area contributed by atoms with E-state index in [2.05, 4.69) is 10.6 Å². The molecule has 0 spiro atoms. The Morgan fingerprint density at radius 1 is 1.48 bits per heavy atom. The molecular formula is C15H21ClN2O3. The van der Waals surface area contributed by atoms with Crippen LogP contribution in [0.3, 0.4) is 0 Å². The summed E-state index contributed by atoms with van der Waals surface area (Å²) < 4.78 is 10.7. The molecule has 1 aromatic carbocycles. The molecule has 0 saturated carbocycles. The van der Waals surface area contributed by atoms with E-state index in [1.165, 1.54) is 0 Å². The monoisotopic (exact) mass is 312 g/mol. The number of carbonyl (C=O) groups is 1. The minimum atomic E-state index is -0.530. The van der Waals surface area contributed by atoms with Crippen LogP contribution in [0.25, 0.3) is 0 Å². The molecule has 1 unspecified atom stereocenters. The topological polar surface area (TPSA) is 59.6 Å². The maximum Gasteiger partial charge on any atom is 0.412 e. The summed E-state index contributed by atoms with van der Waals surface area (Å²) in [6, 6.07) is 5.39. The van der Waals surface area contributed by atoms with Gasteiger partial charge in [-0.15, -0.1) is 0 Å². The second-order valence-corrected chi connectivity index (χ2v) is 6.35. The first-order valence-corrected chi connectivity index (χ1v) is 7.33. The number of benzene rings is 1. The van der Waals surface area contributed by atoms with Gasteiger partial charge in [-0.1, -0.05) is 11.6 Å². The van der Waals surface area contributed by atoms with E-state index in [-0.39, 0.29) is 6.04 Å². The summed E-state index contributed by atoms with van der Waals surface area (Å²) >= 11 is 6.23. The van der Waals surface area contributed by atoms with Crippen LogP contribution in [-0.2, 0) is 9.47 Å². The van der Waals surface area contributed by atoms with Crippen molar-refractivity contribution in [2.75, 3.05) is 25.1 Å². The fourth-order valence-electron chi connectivity index (χ4n) is 2.08. The second kappa shape index (κ2) is 6.64. The molecule has 1 amide bonds. The van der Waals surface area contributed by atoms with Crippen molar-refractivity contribution in [2.45, 2.75) is 32.4 Å². The van der Waals surface area contributed by atoms with Crippen LogP contribution in [0.5, 0.6) is 0 Å². The van der Waals surface area contributed by atoms with Crippen molar-refractivity contribution in [3.05, 3.63) is 28.8 Å². The number of nitrogens with one attached hydrogen (secondary N) is 2. The van der Waals surface area contributed by atoms with Crippen molar-refractivity contribution in [3.63, 3.8) is 0 Å². The highest BCUT2D eigenvalue weighted by atomic mass is 35.5. The summed E-state index contributed by atoms with van der Waals surface area (Å²) in [6.07, 6.45) is -0.483. The third kappa shape index (κ3) is 4.88. The number of hydrogen-bond acceptors (Lipinski definition) is 4. The van der Waals surface area contributed by atoms with E-state index in [0.717, 1.165) is 12.1 Å². The highest BCUT2D eigenvalue weighted by Crippen LogP contribution is 2.28. The summed E-state index contributed by atoms with van der Waals surface area (Å²) in [7, 11) is 0. The molecule has 6 heteroatoms. The quantitative estimate of drug-likeness (QED) is 0.879. The molecule has 0 bridgehead atoms. The zero-order valence-electron chi connectivity index (χ0n) is 12.5. The summed E-state index contributed by atoms with van der Waals surface area (Å²) in [6.45, 7) is 7.51. The Morgan fingerprint density at radius 3 is 2.86 bits per heavy atom. The van der Waals surface area contributed by atoms with Crippen molar-refractivity contribution in [1.82, 2.24) is 5.32 Å². The number of ether oxygens (including phenoxy) is 2. The minimum absolute atomic E-state index is 0.0339. The summed E-state index contributed by atoms with van der Waals surface area (Å²) in [5, 5.41) is 6.70. The van der Waals surface area contributed by atoms with Gasteiger partial charge in [-0.05, 0) is 44.5 Å². The van der Waals surface area contributed by atoms with E-state index in [1.54, 1.807) is 12.1 Å². The maximum absolute atomic E-state index is 11.8. The van der Waals surface area contributed by atoms with Crippen LogP contribution in [0.15, 0.2) is 18.2 Å². The van der Waals surface area contributed by atoms with Crippen LogP contribution in [-0.4, -0.2) is 31.5 Å². The molecule has 1 saturated heterocycles. The molecule has 1 aliphatic heterocycles. The molecule has 116 valence electrons. The van der Waals surface area contributed by atoms with Gasteiger partial charge in [0, 0.05) is 17.3 Å². The first-order valence-electron chi connectivity index (χ1n) is 6.96. The van der Waals surface area contributed by atoms with Crippen molar-refractivity contribution in [3.8, 4) is 0 Å². The minimum Gasteiger partial charge on any atom is -0.444 e. The molecule has 1 fully saturated rings. The molecule has 1 aliphatic rings. The van der Waals surface area contributed by atoms with E-state index in [4.69, 9.17) is 21.1 Å². The van der Waals surface area contributed by atoms with Crippen LogP contribution < -0.4 is 10.6 Å². The third-order valence-electron chi connectivity index (χ3n) is 2.94. The van der Waals surface area contributed by atoms with Gasteiger partial charge in [-0.25, -0.2) is 4.79 Å². The zero-order chi connectivity index (χ0) is 15.5. The van der Waals surface area contributed by atoms with Crippen molar-refractivity contribution in [2.24, 2.45) is 0 Å². The van der Waals surface area contributed by atoms with Crippen molar-refractivity contribution >= 4 is 23.4 Å². The summed E-state index contributed by atoms with van der Waals surface area (Å²) in [5.41, 5.74) is 1.03. The van der Waals surface area contributed by atoms with E-state index < -0.39 is 11.7 Å². The lowest BCUT2D eigenvalue weighted by Crippen LogP contribution is -2.34. The number of anilines is 1. The van der Waals surface area contributed by atoms with Crippen LogP contribution in [0.4, 0.5) is 10.5 Å². The van der Waals surface area contributed by atoms with E-state index >= 15 is 0 Å². The summed E-state index contributed by atoms with van der Waals surface area (Å²) in [5.74, 6) is 0.